The molecule has 3 heterocycles. The molecule has 4 rings (SSSR count). The van der Waals surface area contributed by atoms with Crippen LogP contribution in [-0.2, 0) is 25.7 Å². The Bertz CT molecular complexity index is 906. The highest BCUT2D eigenvalue weighted by Crippen LogP contribution is 2.29. The van der Waals surface area contributed by atoms with Crippen molar-refractivity contribution in [2.45, 2.75) is 25.7 Å². The third kappa shape index (κ3) is 3.64. The van der Waals surface area contributed by atoms with Gasteiger partial charge >= 0.3 is 6.18 Å². The fourth-order valence-electron chi connectivity index (χ4n) is 3.09. The van der Waals surface area contributed by atoms with Crippen LogP contribution in [0.5, 0.6) is 0 Å². The Morgan fingerprint density at radius 1 is 1.12 bits per heavy atom. The Labute approximate surface area is 153 Å². The number of halogens is 3. The maximum atomic E-state index is 12.8. The van der Waals surface area contributed by atoms with Crippen molar-refractivity contribution in [1.29, 1.82) is 0 Å². The molecule has 0 fully saturated rings. The molecular formula is C19H16F3N3S. The van der Waals surface area contributed by atoms with Crippen molar-refractivity contribution in [1.82, 2.24) is 14.9 Å². The first kappa shape index (κ1) is 17.2. The van der Waals surface area contributed by atoms with Gasteiger partial charge in [0.1, 0.15) is 0 Å². The van der Waals surface area contributed by atoms with E-state index >= 15 is 0 Å². The van der Waals surface area contributed by atoms with Gasteiger partial charge in [0.25, 0.3) is 0 Å². The number of fused-ring (bicyclic) bond motifs is 1. The monoisotopic (exact) mass is 375 g/mol. The van der Waals surface area contributed by atoms with E-state index in [1.54, 1.807) is 11.3 Å². The van der Waals surface area contributed by atoms with Crippen molar-refractivity contribution in [2.24, 2.45) is 0 Å². The predicted molar refractivity (Wildman–Crippen MR) is 94.6 cm³/mol. The number of hydrogen-bond acceptors (Lipinski definition) is 4. The van der Waals surface area contributed by atoms with Gasteiger partial charge in [-0.2, -0.15) is 13.2 Å². The third-order valence-electron chi connectivity index (χ3n) is 4.42. The second-order valence-corrected chi connectivity index (χ2v) is 7.29. The van der Waals surface area contributed by atoms with Crippen molar-refractivity contribution in [3.05, 3.63) is 69.9 Å². The summed E-state index contributed by atoms with van der Waals surface area (Å²) in [5.41, 5.74) is 3.63. The van der Waals surface area contributed by atoms with Crippen LogP contribution in [0.25, 0.3) is 11.1 Å². The van der Waals surface area contributed by atoms with E-state index in [0.717, 1.165) is 12.1 Å². The molecule has 26 heavy (non-hydrogen) atoms. The Morgan fingerprint density at radius 3 is 2.69 bits per heavy atom. The van der Waals surface area contributed by atoms with Gasteiger partial charge in [0.05, 0.1) is 5.69 Å². The predicted octanol–water partition coefficient (Wildman–Crippen LogP) is 4.78. The minimum absolute atomic E-state index is 0.416. The molecule has 3 nitrogen and oxygen atoms in total. The minimum atomic E-state index is -4.50. The summed E-state index contributed by atoms with van der Waals surface area (Å²) in [7, 11) is 0. The fourth-order valence-corrected chi connectivity index (χ4v) is 4.03. The molecule has 1 aliphatic rings. The number of thiophene rings is 1. The zero-order chi connectivity index (χ0) is 18.1. The summed E-state index contributed by atoms with van der Waals surface area (Å²) in [6, 6.07) is 12.3. The van der Waals surface area contributed by atoms with Crippen LogP contribution in [0.4, 0.5) is 13.2 Å². The topological polar surface area (TPSA) is 29.0 Å². The summed E-state index contributed by atoms with van der Waals surface area (Å²) in [5, 5.41) is 2.12. The molecule has 2 aromatic heterocycles. The van der Waals surface area contributed by atoms with E-state index in [1.807, 2.05) is 18.2 Å². The molecule has 1 aromatic carbocycles. The minimum Gasteiger partial charge on any atom is -0.292 e. The molecule has 134 valence electrons. The van der Waals surface area contributed by atoms with Gasteiger partial charge in [-0.3, -0.25) is 4.90 Å². The Kier molecular flexibility index (Phi) is 4.50. The lowest BCUT2D eigenvalue weighted by Gasteiger charge is -2.27. The summed E-state index contributed by atoms with van der Waals surface area (Å²) in [4.78, 5) is 10.5. The number of rotatable bonds is 3. The second-order valence-electron chi connectivity index (χ2n) is 6.29. The van der Waals surface area contributed by atoms with Gasteiger partial charge in [-0.25, -0.2) is 9.97 Å². The molecule has 7 heteroatoms. The van der Waals surface area contributed by atoms with Gasteiger partial charge in [-0.1, -0.05) is 30.3 Å². The molecule has 0 atom stereocenters. The number of benzene rings is 1. The van der Waals surface area contributed by atoms with Crippen LogP contribution < -0.4 is 0 Å². The largest absolute Gasteiger partial charge is 0.451 e. The van der Waals surface area contributed by atoms with Crippen LogP contribution in [-0.4, -0.2) is 21.4 Å². The molecule has 0 spiro atoms. The van der Waals surface area contributed by atoms with Crippen LogP contribution in [0.3, 0.4) is 0 Å². The summed E-state index contributed by atoms with van der Waals surface area (Å²) in [5.74, 6) is -1.06. The number of hydrogen-bond donors (Lipinski definition) is 0. The molecule has 0 aliphatic carbocycles. The first-order valence-electron chi connectivity index (χ1n) is 8.26. The molecule has 0 N–H and O–H groups in total. The first-order chi connectivity index (χ1) is 12.5. The zero-order valence-electron chi connectivity index (χ0n) is 13.8. The van der Waals surface area contributed by atoms with Crippen molar-refractivity contribution >= 4 is 11.3 Å². The summed E-state index contributed by atoms with van der Waals surface area (Å²) in [6.45, 7) is 1.92. The SMILES string of the molecule is FC(F)(F)c1ncc2c(n1)CN(Cc1cc(-c3ccccc3)cs1)CC2. The van der Waals surface area contributed by atoms with E-state index in [-0.39, 0.29) is 0 Å². The standard InChI is InChI=1S/C19H16F3N3S/c20-19(21,22)18-23-9-14-6-7-25(11-17(14)24-18)10-16-8-15(12-26-16)13-4-2-1-3-5-13/h1-5,8-9,12H,6-7,10-11H2. The zero-order valence-corrected chi connectivity index (χ0v) is 14.6. The Morgan fingerprint density at radius 2 is 1.92 bits per heavy atom. The fraction of sp³-hybridized carbons (Fsp3) is 0.263. The molecule has 0 amide bonds. The van der Waals surface area contributed by atoms with Crippen LogP contribution in [0.1, 0.15) is 22.0 Å². The van der Waals surface area contributed by atoms with Crippen LogP contribution >= 0.6 is 11.3 Å². The maximum Gasteiger partial charge on any atom is 0.451 e. The van der Waals surface area contributed by atoms with E-state index in [4.69, 9.17) is 0 Å². The highest BCUT2D eigenvalue weighted by Gasteiger charge is 2.35. The summed E-state index contributed by atoms with van der Waals surface area (Å²) < 4.78 is 38.5. The van der Waals surface area contributed by atoms with E-state index in [1.165, 1.54) is 22.2 Å². The highest BCUT2D eigenvalue weighted by molar-refractivity contribution is 7.10. The molecule has 1 aliphatic heterocycles. The lowest BCUT2D eigenvalue weighted by atomic mass is 10.1. The highest BCUT2D eigenvalue weighted by atomic mass is 32.1. The van der Waals surface area contributed by atoms with Crippen LogP contribution in [0, 0.1) is 0 Å². The van der Waals surface area contributed by atoms with Crippen LogP contribution in [0.15, 0.2) is 48.0 Å². The normalized spacial score (nSPS) is 15.0. The van der Waals surface area contributed by atoms with E-state index in [0.29, 0.717) is 25.2 Å². The van der Waals surface area contributed by atoms with E-state index in [9.17, 15) is 13.2 Å². The summed E-state index contributed by atoms with van der Waals surface area (Å²) in [6.07, 6.45) is -2.51. The lowest BCUT2D eigenvalue weighted by molar-refractivity contribution is -0.145. The first-order valence-corrected chi connectivity index (χ1v) is 9.14. The number of alkyl halides is 3. The van der Waals surface area contributed by atoms with Gasteiger partial charge in [0.2, 0.25) is 5.82 Å². The van der Waals surface area contributed by atoms with Crippen molar-refractivity contribution < 1.29 is 13.2 Å². The quantitative estimate of drug-likeness (QED) is 0.660. The number of nitrogens with zero attached hydrogens (tertiary/aromatic N) is 3. The molecule has 0 saturated heterocycles. The van der Waals surface area contributed by atoms with Gasteiger partial charge in [0.15, 0.2) is 0 Å². The van der Waals surface area contributed by atoms with Gasteiger partial charge in [-0.15, -0.1) is 11.3 Å². The number of aromatic nitrogens is 2. The second kappa shape index (κ2) is 6.81. The van der Waals surface area contributed by atoms with Crippen molar-refractivity contribution in [3.8, 4) is 11.1 Å². The smallest absolute Gasteiger partial charge is 0.292 e. The molecule has 0 radical (unpaired) electrons. The molecule has 0 unspecified atom stereocenters. The van der Waals surface area contributed by atoms with E-state index < -0.39 is 12.0 Å². The van der Waals surface area contributed by atoms with E-state index in [2.05, 4.69) is 38.4 Å². The maximum absolute atomic E-state index is 12.8. The van der Waals surface area contributed by atoms with Gasteiger partial charge in [-0.05, 0) is 34.6 Å². The average molecular weight is 375 g/mol. The molecule has 3 aromatic rings. The Balaban J connectivity index is 1.49. The molecule has 0 bridgehead atoms. The Hall–Kier alpha value is -2.25. The van der Waals surface area contributed by atoms with Crippen molar-refractivity contribution in [3.63, 3.8) is 0 Å². The lowest BCUT2D eigenvalue weighted by Crippen LogP contribution is -2.31. The summed E-state index contributed by atoms with van der Waals surface area (Å²) >= 11 is 1.67. The molecular weight excluding hydrogens is 359 g/mol. The average Bonchev–Trinajstić information content (AvgIpc) is 3.09. The van der Waals surface area contributed by atoms with Gasteiger partial charge < -0.3 is 0 Å². The van der Waals surface area contributed by atoms with Crippen molar-refractivity contribution in [2.75, 3.05) is 6.54 Å². The molecule has 0 saturated carbocycles. The van der Waals surface area contributed by atoms with Crippen LogP contribution in [0.2, 0.25) is 0 Å². The third-order valence-corrected chi connectivity index (χ3v) is 5.34. The van der Waals surface area contributed by atoms with Gasteiger partial charge in [0, 0.05) is 30.7 Å².